The first-order valence-corrected chi connectivity index (χ1v) is 6.00. The van der Waals surface area contributed by atoms with Crippen molar-refractivity contribution >= 4 is 49.9 Å². The van der Waals surface area contributed by atoms with Crippen LogP contribution in [0, 0.1) is 0 Å². The summed E-state index contributed by atoms with van der Waals surface area (Å²) in [5, 5.41) is 3.93. The van der Waals surface area contributed by atoms with Gasteiger partial charge in [0.2, 0.25) is 0 Å². The van der Waals surface area contributed by atoms with E-state index in [0.29, 0.717) is 19.5 Å². The zero-order chi connectivity index (χ0) is 9.68. The molecule has 72 valence electrons. The lowest BCUT2D eigenvalue weighted by Crippen LogP contribution is -1.97. The van der Waals surface area contributed by atoms with E-state index in [1.165, 1.54) is 11.5 Å². The molecule has 4 nitrogen and oxygen atoms in total. The second-order valence-corrected chi connectivity index (χ2v) is 6.00. The largest absolute Gasteiger partial charge is 0.468 e. The van der Waals surface area contributed by atoms with Gasteiger partial charge in [0.05, 0.1) is 11.5 Å². The van der Waals surface area contributed by atoms with Gasteiger partial charge in [-0.2, -0.15) is 0 Å². The first kappa shape index (κ1) is 11.1. The molecule has 13 heavy (non-hydrogen) atoms. The Balaban J connectivity index is 2.55. The Hall–Kier alpha value is -0.0100. The number of nitrogens with zero attached hydrogens (tertiary/aromatic N) is 2. The van der Waals surface area contributed by atoms with Crippen molar-refractivity contribution in [1.82, 2.24) is 9.59 Å². The van der Waals surface area contributed by atoms with Crippen molar-refractivity contribution in [2.24, 2.45) is 0 Å². The molecule has 0 spiro atoms. The minimum atomic E-state index is 0.00461. The SMILES string of the molecule is O=COCCc1snnc1C(Br)Br. The first-order chi connectivity index (χ1) is 6.25. The summed E-state index contributed by atoms with van der Waals surface area (Å²) in [6.45, 7) is 0.807. The molecule has 0 aliphatic heterocycles. The zero-order valence-electron chi connectivity index (χ0n) is 6.44. The highest BCUT2D eigenvalue weighted by Crippen LogP contribution is 2.31. The molecule has 1 aromatic rings. The van der Waals surface area contributed by atoms with E-state index < -0.39 is 0 Å². The van der Waals surface area contributed by atoms with Crippen LogP contribution in [-0.4, -0.2) is 22.7 Å². The van der Waals surface area contributed by atoms with Gasteiger partial charge in [-0.3, -0.25) is 4.79 Å². The third kappa shape index (κ3) is 3.32. The Morgan fingerprint density at radius 1 is 1.62 bits per heavy atom. The molecule has 0 saturated heterocycles. The molecule has 0 N–H and O–H groups in total. The molecule has 0 fully saturated rings. The fourth-order valence-corrected chi connectivity index (χ4v) is 2.45. The molecule has 1 rings (SSSR count). The van der Waals surface area contributed by atoms with Crippen LogP contribution in [0.5, 0.6) is 0 Å². The maximum atomic E-state index is 9.88. The fourth-order valence-electron chi connectivity index (χ4n) is 0.755. The van der Waals surface area contributed by atoms with Crippen LogP contribution < -0.4 is 0 Å². The number of aromatic nitrogens is 2. The molecule has 0 amide bonds. The van der Waals surface area contributed by atoms with Crippen LogP contribution in [0.2, 0.25) is 0 Å². The number of ether oxygens (including phenoxy) is 1. The number of halogens is 2. The molecule has 1 heterocycles. The summed E-state index contributed by atoms with van der Waals surface area (Å²) >= 11 is 7.98. The highest BCUT2D eigenvalue weighted by atomic mass is 79.9. The highest BCUT2D eigenvalue weighted by molar-refractivity contribution is 9.24. The Kier molecular flexibility index (Phi) is 4.82. The van der Waals surface area contributed by atoms with Gasteiger partial charge in [-0.1, -0.05) is 36.3 Å². The van der Waals surface area contributed by atoms with E-state index in [-0.39, 0.29) is 3.74 Å². The van der Waals surface area contributed by atoms with Crippen molar-refractivity contribution < 1.29 is 9.53 Å². The standard InChI is InChI=1S/C6H6Br2N2O2S/c7-6(8)5-4(13-10-9-5)1-2-12-3-11/h3,6H,1-2H2. The van der Waals surface area contributed by atoms with Gasteiger partial charge < -0.3 is 4.74 Å². The highest BCUT2D eigenvalue weighted by Gasteiger charge is 2.13. The third-order valence-corrected chi connectivity index (χ3v) is 2.97. The molecular formula is C6H6Br2N2O2S. The summed E-state index contributed by atoms with van der Waals surface area (Å²) in [6.07, 6.45) is 0.652. The smallest absolute Gasteiger partial charge is 0.293 e. The second-order valence-electron chi connectivity index (χ2n) is 2.10. The van der Waals surface area contributed by atoms with Gasteiger partial charge in [0.15, 0.2) is 0 Å². The van der Waals surface area contributed by atoms with Gasteiger partial charge in [-0.25, -0.2) is 0 Å². The van der Waals surface area contributed by atoms with E-state index >= 15 is 0 Å². The molecule has 0 saturated carbocycles. The molecule has 0 bridgehead atoms. The van der Waals surface area contributed by atoms with E-state index in [4.69, 9.17) is 0 Å². The molecule has 0 aliphatic carbocycles. The van der Waals surface area contributed by atoms with Gasteiger partial charge in [0.1, 0.15) is 9.43 Å². The lowest BCUT2D eigenvalue weighted by molar-refractivity contribution is -0.128. The maximum Gasteiger partial charge on any atom is 0.293 e. The van der Waals surface area contributed by atoms with Crippen LogP contribution in [0.4, 0.5) is 0 Å². The molecular weight excluding hydrogens is 324 g/mol. The van der Waals surface area contributed by atoms with E-state index in [1.807, 2.05) is 0 Å². The molecule has 0 unspecified atom stereocenters. The summed E-state index contributed by atoms with van der Waals surface area (Å²) in [4.78, 5) is 10.9. The lowest BCUT2D eigenvalue weighted by atomic mass is 10.3. The van der Waals surface area contributed by atoms with Crippen molar-refractivity contribution in [2.45, 2.75) is 10.2 Å². The Bertz CT molecular complexity index is 279. The summed E-state index contributed by atoms with van der Waals surface area (Å²) in [5.74, 6) is 0. The average molecular weight is 330 g/mol. The first-order valence-electron chi connectivity index (χ1n) is 3.40. The lowest BCUT2D eigenvalue weighted by Gasteiger charge is -2.00. The molecule has 1 aromatic heterocycles. The molecule has 0 atom stereocenters. The predicted octanol–water partition coefficient (Wildman–Crippen LogP) is 2.04. The number of carbonyl (C=O) groups excluding carboxylic acids is 1. The molecule has 7 heteroatoms. The minimum absolute atomic E-state index is 0.00461. The second kappa shape index (κ2) is 5.66. The van der Waals surface area contributed by atoms with Crippen LogP contribution in [-0.2, 0) is 16.0 Å². The van der Waals surface area contributed by atoms with Crippen LogP contribution in [0.1, 0.15) is 14.3 Å². The van der Waals surface area contributed by atoms with Crippen LogP contribution in [0.15, 0.2) is 0 Å². The van der Waals surface area contributed by atoms with Gasteiger partial charge >= 0.3 is 0 Å². The van der Waals surface area contributed by atoms with E-state index in [2.05, 4.69) is 46.2 Å². The van der Waals surface area contributed by atoms with E-state index in [1.54, 1.807) is 0 Å². The van der Waals surface area contributed by atoms with Gasteiger partial charge in [-0.15, -0.1) is 5.10 Å². The molecule has 0 radical (unpaired) electrons. The fraction of sp³-hybridized carbons (Fsp3) is 0.500. The number of alkyl halides is 2. The summed E-state index contributed by atoms with van der Waals surface area (Å²) < 4.78 is 8.40. The van der Waals surface area contributed by atoms with Gasteiger partial charge in [0.25, 0.3) is 6.47 Å². The monoisotopic (exact) mass is 328 g/mol. The predicted molar refractivity (Wildman–Crippen MR) is 56.2 cm³/mol. The number of hydrogen-bond acceptors (Lipinski definition) is 5. The Morgan fingerprint density at radius 3 is 3.00 bits per heavy atom. The van der Waals surface area contributed by atoms with Crippen LogP contribution >= 0.6 is 43.4 Å². The normalized spacial score (nSPS) is 10.4. The maximum absolute atomic E-state index is 9.88. The van der Waals surface area contributed by atoms with Gasteiger partial charge in [0, 0.05) is 6.42 Å². The van der Waals surface area contributed by atoms with Crippen molar-refractivity contribution in [3.05, 3.63) is 10.6 Å². The molecule has 0 aromatic carbocycles. The summed E-state index contributed by atoms with van der Waals surface area (Å²) in [6, 6.07) is 0. The quantitative estimate of drug-likeness (QED) is 0.471. The van der Waals surface area contributed by atoms with Crippen molar-refractivity contribution in [1.29, 1.82) is 0 Å². The summed E-state index contributed by atoms with van der Waals surface area (Å²) in [7, 11) is 0. The minimum Gasteiger partial charge on any atom is -0.468 e. The van der Waals surface area contributed by atoms with Crippen molar-refractivity contribution in [3.8, 4) is 0 Å². The van der Waals surface area contributed by atoms with E-state index in [9.17, 15) is 4.79 Å². The van der Waals surface area contributed by atoms with Crippen molar-refractivity contribution in [2.75, 3.05) is 6.61 Å². The number of rotatable bonds is 5. The third-order valence-electron chi connectivity index (χ3n) is 1.31. The van der Waals surface area contributed by atoms with Crippen molar-refractivity contribution in [3.63, 3.8) is 0 Å². The van der Waals surface area contributed by atoms with Crippen LogP contribution in [0.3, 0.4) is 0 Å². The van der Waals surface area contributed by atoms with Crippen LogP contribution in [0.25, 0.3) is 0 Å². The van der Waals surface area contributed by atoms with Gasteiger partial charge in [-0.05, 0) is 11.5 Å². The topological polar surface area (TPSA) is 52.1 Å². The molecule has 0 aliphatic rings. The summed E-state index contributed by atoms with van der Waals surface area (Å²) in [5.41, 5.74) is 0.847. The number of carbonyl (C=O) groups is 1. The number of hydrogen-bond donors (Lipinski definition) is 0. The van der Waals surface area contributed by atoms with E-state index in [0.717, 1.165) is 10.6 Å². The average Bonchev–Trinajstić information content (AvgIpc) is 2.53. The Morgan fingerprint density at radius 2 is 2.38 bits per heavy atom. The Labute approximate surface area is 96.1 Å². The zero-order valence-corrected chi connectivity index (χ0v) is 10.4.